The van der Waals surface area contributed by atoms with Crippen LogP contribution in [0.2, 0.25) is 0 Å². The molecule has 1 heterocycles. The molecule has 0 aliphatic rings. The number of aryl methyl sites for hydroxylation is 2. The summed E-state index contributed by atoms with van der Waals surface area (Å²) in [5.74, 6) is 1.51. The largest absolute Gasteiger partial charge is 0.338 e. The Bertz CT molecular complexity index is 493. The van der Waals surface area contributed by atoms with Crippen LogP contribution in [0.25, 0.3) is 0 Å². The van der Waals surface area contributed by atoms with Crippen molar-refractivity contribution in [3.8, 4) is 0 Å². The molecule has 0 radical (unpaired) electrons. The van der Waals surface area contributed by atoms with Crippen molar-refractivity contribution in [2.75, 3.05) is 14.1 Å². The van der Waals surface area contributed by atoms with Crippen molar-refractivity contribution in [1.29, 1.82) is 0 Å². The van der Waals surface area contributed by atoms with Crippen LogP contribution in [0.3, 0.4) is 0 Å². The quantitative estimate of drug-likeness (QED) is 0.800. The predicted octanol–water partition coefficient (Wildman–Crippen LogP) is 2.87. The fourth-order valence-electron chi connectivity index (χ4n) is 2.17. The summed E-state index contributed by atoms with van der Waals surface area (Å²) in [5.41, 5.74) is 1.30. The van der Waals surface area contributed by atoms with E-state index in [0.717, 1.165) is 31.0 Å². The lowest BCUT2D eigenvalue weighted by Crippen LogP contribution is -2.19. The lowest BCUT2D eigenvalue weighted by molar-refractivity contribution is 0.224. The van der Waals surface area contributed by atoms with Gasteiger partial charge in [0.1, 0.15) is 0 Å². The Balaban J connectivity index is 1.97. The number of rotatable bonds is 6. The average molecular weight is 259 g/mol. The first-order chi connectivity index (χ1) is 9.20. The number of hydrogen-bond donors (Lipinski definition) is 0. The van der Waals surface area contributed by atoms with Gasteiger partial charge in [-0.05, 0) is 32.5 Å². The van der Waals surface area contributed by atoms with Crippen molar-refractivity contribution in [2.24, 2.45) is 0 Å². The van der Waals surface area contributed by atoms with Gasteiger partial charge in [0.25, 0.3) is 0 Å². The van der Waals surface area contributed by atoms with E-state index in [1.54, 1.807) is 0 Å². The van der Waals surface area contributed by atoms with E-state index in [1.807, 2.05) is 20.2 Å². The van der Waals surface area contributed by atoms with Crippen molar-refractivity contribution in [3.05, 3.63) is 47.6 Å². The van der Waals surface area contributed by atoms with Crippen LogP contribution in [0.1, 0.15) is 36.7 Å². The predicted molar refractivity (Wildman–Crippen MR) is 74.9 cm³/mol. The van der Waals surface area contributed by atoms with Crippen molar-refractivity contribution in [3.63, 3.8) is 0 Å². The lowest BCUT2D eigenvalue weighted by Gasteiger charge is -2.18. The summed E-state index contributed by atoms with van der Waals surface area (Å²) in [6, 6.07) is 10.6. The Labute approximate surface area is 114 Å². The average Bonchev–Trinajstić information content (AvgIpc) is 2.87. The van der Waals surface area contributed by atoms with Crippen LogP contribution >= 0.6 is 0 Å². The van der Waals surface area contributed by atoms with Crippen LogP contribution < -0.4 is 0 Å². The minimum absolute atomic E-state index is 0.206. The topological polar surface area (TPSA) is 42.2 Å². The molecule has 1 atom stereocenters. The number of hydrogen-bond acceptors (Lipinski definition) is 4. The lowest BCUT2D eigenvalue weighted by atomic mass is 10.1. The smallest absolute Gasteiger partial charge is 0.243 e. The molecule has 4 nitrogen and oxygen atoms in total. The fraction of sp³-hybridized carbons (Fsp3) is 0.467. The minimum Gasteiger partial charge on any atom is -0.338 e. The Morgan fingerprint density at radius 2 is 1.89 bits per heavy atom. The Morgan fingerprint density at radius 3 is 2.53 bits per heavy atom. The van der Waals surface area contributed by atoms with Crippen LogP contribution in [0.15, 0.2) is 34.9 Å². The molecule has 0 spiro atoms. The summed E-state index contributed by atoms with van der Waals surface area (Å²) in [7, 11) is 4.06. The van der Waals surface area contributed by atoms with Gasteiger partial charge in [0.05, 0.1) is 6.04 Å². The van der Waals surface area contributed by atoms with E-state index in [0.29, 0.717) is 0 Å². The van der Waals surface area contributed by atoms with Crippen LogP contribution in [0, 0.1) is 0 Å². The zero-order valence-corrected chi connectivity index (χ0v) is 11.8. The van der Waals surface area contributed by atoms with E-state index in [9.17, 15) is 0 Å². The van der Waals surface area contributed by atoms with E-state index < -0.39 is 0 Å². The highest BCUT2D eigenvalue weighted by Crippen LogP contribution is 2.19. The highest BCUT2D eigenvalue weighted by Gasteiger charge is 2.18. The number of benzene rings is 1. The first-order valence-corrected chi connectivity index (χ1v) is 6.73. The van der Waals surface area contributed by atoms with E-state index >= 15 is 0 Å². The summed E-state index contributed by atoms with van der Waals surface area (Å²) >= 11 is 0. The van der Waals surface area contributed by atoms with E-state index in [2.05, 4.69) is 46.2 Å². The standard InChI is InChI=1S/C15H21N3O/c1-4-13(18(2)3)15-16-14(17-19-15)11-10-12-8-6-5-7-9-12/h5-9,13H,4,10-11H2,1-3H3/t13-/m1/s1. The van der Waals surface area contributed by atoms with Crippen molar-refractivity contribution >= 4 is 0 Å². The second kappa shape index (κ2) is 6.48. The minimum atomic E-state index is 0.206. The van der Waals surface area contributed by atoms with Crippen LogP contribution in [-0.4, -0.2) is 29.1 Å². The summed E-state index contributed by atoms with van der Waals surface area (Å²) in [6.45, 7) is 2.12. The fourth-order valence-corrected chi connectivity index (χ4v) is 2.17. The molecule has 0 N–H and O–H groups in total. The molecule has 0 fully saturated rings. The van der Waals surface area contributed by atoms with E-state index in [1.165, 1.54) is 5.56 Å². The van der Waals surface area contributed by atoms with Gasteiger partial charge in [0, 0.05) is 6.42 Å². The molecule has 0 unspecified atom stereocenters. The molecule has 102 valence electrons. The second-order valence-electron chi connectivity index (χ2n) is 4.92. The molecule has 0 amide bonds. The monoisotopic (exact) mass is 259 g/mol. The molecule has 0 saturated heterocycles. The third-order valence-corrected chi connectivity index (χ3v) is 3.26. The van der Waals surface area contributed by atoms with E-state index in [4.69, 9.17) is 4.52 Å². The first-order valence-electron chi connectivity index (χ1n) is 6.73. The van der Waals surface area contributed by atoms with Gasteiger partial charge in [-0.1, -0.05) is 42.4 Å². The second-order valence-corrected chi connectivity index (χ2v) is 4.92. The van der Waals surface area contributed by atoms with Gasteiger partial charge in [-0.15, -0.1) is 0 Å². The van der Waals surface area contributed by atoms with Gasteiger partial charge in [-0.25, -0.2) is 0 Å². The van der Waals surface area contributed by atoms with Gasteiger partial charge >= 0.3 is 0 Å². The van der Waals surface area contributed by atoms with Crippen LogP contribution in [0.5, 0.6) is 0 Å². The van der Waals surface area contributed by atoms with Crippen molar-refractivity contribution in [1.82, 2.24) is 15.0 Å². The molecule has 2 rings (SSSR count). The SMILES string of the molecule is CC[C@H](c1nc(CCc2ccccc2)no1)N(C)C. The third-order valence-electron chi connectivity index (χ3n) is 3.26. The molecule has 4 heteroatoms. The molecular weight excluding hydrogens is 238 g/mol. The highest BCUT2D eigenvalue weighted by molar-refractivity contribution is 5.15. The van der Waals surface area contributed by atoms with Gasteiger partial charge in [0.15, 0.2) is 5.82 Å². The molecule has 0 bridgehead atoms. The third kappa shape index (κ3) is 3.64. The zero-order valence-electron chi connectivity index (χ0n) is 11.8. The van der Waals surface area contributed by atoms with Crippen LogP contribution in [-0.2, 0) is 12.8 Å². The molecule has 0 aliphatic heterocycles. The van der Waals surface area contributed by atoms with Gasteiger partial charge in [-0.2, -0.15) is 4.98 Å². The summed E-state index contributed by atoms with van der Waals surface area (Å²) in [6.07, 6.45) is 2.73. The zero-order chi connectivity index (χ0) is 13.7. The molecule has 19 heavy (non-hydrogen) atoms. The molecular formula is C15H21N3O. The Kier molecular flexibility index (Phi) is 4.68. The first kappa shape index (κ1) is 13.7. The molecule has 0 aliphatic carbocycles. The Morgan fingerprint density at radius 1 is 1.16 bits per heavy atom. The molecule has 2 aromatic rings. The maximum atomic E-state index is 5.36. The summed E-state index contributed by atoms with van der Waals surface area (Å²) in [5, 5.41) is 4.07. The van der Waals surface area contributed by atoms with Gasteiger partial charge in [-0.3, -0.25) is 4.90 Å². The Hall–Kier alpha value is -1.68. The molecule has 0 saturated carbocycles. The highest BCUT2D eigenvalue weighted by atomic mass is 16.5. The van der Waals surface area contributed by atoms with Gasteiger partial charge in [0.2, 0.25) is 5.89 Å². The maximum Gasteiger partial charge on any atom is 0.243 e. The molecule has 1 aromatic carbocycles. The number of aromatic nitrogens is 2. The molecule has 1 aromatic heterocycles. The summed E-state index contributed by atoms with van der Waals surface area (Å²) < 4.78 is 5.36. The van der Waals surface area contributed by atoms with Gasteiger partial charge < -0.3 is 4.52 Å². The maximum absolute atomic E-state index is 5.36. The summed E-state index contributed by atoms with van der Waals surface area (Å²) in [4.78, 5) is 6.60. The van der Waals surface area contributed by atoms with Crippen molar-refractivity contribution in [2.45, 2.75) is 32.2 Å². The number of nitrogens with zero attached hydrogens (tertiary/aromatic N) is 3. The van der Waals surface area contributed by atoms with Crippen molar-refractivity contribution < 1.29 is 4.52 Å². The van der Waals surface area contributed by atoms with Crippen LogP contribution in [0.4, 0.5) is 0 Å². The van der Waals surface area contributed by atoms with E-state index in [-0.39, 0.29) is 6.04 Å². The normalized spacial score (nSPS) is 12.8.